The summed E-state index contributed by atoms with van der Waals surface area (Å²) in [6.07, 6.45) is 0.888. The Kier molecular flexibility index (Phi) is 4.73. The average molecular weight is 296 g/mol. The molecule has 2 aromatic carbocycles. The van der Waals surface area contributed by atoms with Crippen LogP contribution in [-0.2, 0) is 4.74 Å². The lowest BCUT2D eigenvalue weighted by Crippen LogP contribution is -2.14. The largest absolute Gasteiger partial charge is 0.478 e. The molecule has 0 heterocycles. The number of benzene rings is 2. The molecule has 0 aromatic heterocycles. The Morgan fingerprint density at radius 3 is 2.27 bits per heavy atom. The summed E-state index contributed by atoms with van der Waals surface area (Å²) in [6, 6.07) is 13.5. The first kappa shape index (κ1) is 15.5. The Bertz CT molecular complexity index is 719. The molecule has 2 rings (SSSR count). The Labute approximate surface area is 128 Å². The van der Waals surface area contributed by atoms with E-state index < -0.39 is 18.0 Å². The molecular formula is C18H16O4. The zero-order chi connectivity index (χ0) is 16.1. The fourth-order valence-electron chi connectivity index (χ4n) is 2.17. The first-order valence-corrected chi connectivity index (χ1v) is 6.76. The summed E-state index contributed by atoms with van der Waals surface area (Å²) in [5.41, 5.74) is 1.72. The highest BCUT2D eigenvalue weighted by atomic mass is 16.5. The van der Waals surface area contributed by atoms with Crippen molar-refractivity contribution in [2.45, 2.75) is 13.0 Å². The lowest BCUT2D eigenvalue weighted by molar-refractivity contribution is 0.0384. The Balaban J connectivity index is 2.30. The first-order chi connectivity index (χ1) is 10.5. The SMILES string of the molecule is C=CC(OC(=O)c1ccccc1C(=O)O)c1ccccc1C. The van der Waals surface area contributed by atoms with E-state index in [-0.39, 0.29) is 11.1 Å². The van der Waals surface area contributed by atoms with E-state index in [1.807, 2.05) is 31.2 Å². The topological polar surface area (TPSA) is 63.6 Å². The lowest BCUT2D eigenvalue weighted by Gasteiger charge is -2.17. The van der Waals surface area contributed by atoms with Crippen LogP contribution < -0.4 is 0 Å². The van der Waals surface area contributed by atoms with Crippen LogP contribution in [0.3, 0.4) is 0 Å². The predicted molar refractivity (Wildman–Crippen MR) is 82.9 cm³/mol. The highest BCUT2D eigenvalue weighted by Crippen LogP contribution is 2.24. The van der Waals surface area contributed by atoms with Crippen molar-refractivity contribution in [1.82, 2.24) is 0 Å². The van der Waals surface area contributed by atoms with Crippen molar-refractivity contribution in [3.63, 3.8) is 0 Å². The van der Waals surface area contributed by atoms with E-state index in [0.717, 1.165) is 11.1 Å². The monoisotopic (exact) mass is 296 g/mol. The van der Waals surface area contributed by atoms with Crippen molar-refractivity contribution < 1.29 is 19.4 Å². The number of carboxylic acid groups (broad SMARTS) is 1. The van der Waals surface area contributed by atoms with E-state index in [9.17, 15) is 9.59 Å². The van der Waals surface area contributed by atoms with Gasteiger partial charge in [-0.05, 0) is 36.3 Å². The van der Waals surface area contributed by atoms with Crippen LogP contribution in [0.25, 0.3) is 0 Å². The highest BCUT2D eigenvalue weighted by molar-refractivity contribution is 6.02. The van der Waals surface area contributed by atoms with Crippen molar-refractivity contribution in [2.24, 2.45) is 0 Å². The molecule has 112 valence electrons. The van der Waals surface area contributed by atoms with E-state index in [2.05, 4.69) is 6.58 Å². The van der Waals surface area contributed by atoms with Gasteiger partial charge in [0.2, 0.25) is 0 Å². The Hall–Kier alpha value is -2.88. The zero-order valence-corrected chi connectivity index (χ0v) is 12.2. The van der Waals surface area contributed by atoms with Gasteiger partial charge in [0.1, 0.15) is 6.10 Å². The van der Waals surface area contributed by atoms with Gasteiger partial charge in [-0.2, -0.15) is 0 Å². The number of rotatable bonds is 5. The molecule has 0 bridgehead atoms. The van der Waals surface area contributed by atoms with Crippen molar-refractivity contribution in [2.75, 3.05) is 0 Å². The summed E-state index contributed by atoms with van der Waals surface area (Å²) in [5.74, 6) is -1.86. The van der Waals surface area contributed by atoms with Gasteiger partial charge in [0.05, 0.1) is 11.1 Å². The summed E-state index contributed by atoms with van der Waals surface area (Å²) in [5, 5.41) is 9.14. The minimum absolute atomic E-state index is 0.0236. The number of esters is 1. The van der Waals surface area contributed by atoms with Crippen LogP contribution in [0, 0.1) is 6.92 Å². The van der Waals surface area contributed by atoms with Gasteiger partial charge in [-0.15, -0.1) is 0 Å². The third-order valence-electron chi connectivity index (χ3n) is 3.32. The first-order valence-electron chi connectivity index (χ1n) is 6.76. The van der Waals surface area contributed by atoms with Gasteiger partial charge in [0.15, 0.2) is 0 Å². The fourth-order valence-corrected chi connectivity index (χ4v) is 2.17. The van der Waals surface area contributed by atoms with Gasteiger partial charge in [-0.3, -0.25) is 0 Å². The Morgan fingerprint density at radius 2 is 1.68 bits per heavy atom. The maximum Gasteiger partial charge on any atom is 0.339 e. The smallest absolute Gasteiger partial charge is 0.339 e. The van der Waals surface area contributed by atoms with Crippen LogP contribution in [0.1, 0.15) is 37.9 Å². The number of aromatic carboxylic acids is 1. The molecular weight excluding hydrogens is 280 g/mol. The molecule has 0 aliphatic heterocycles. The standard InChI is InChI=1S/C18H16O4/c1-3-16(13-9-5-4-8-12(13)2)22-18(21)15-11-7-6-10-14(15)17(19)20/h3-11,16H,1H2,2H3,(H,19,20). The summed E-state index contributed by atoms with van der Waals surface area (Å²) >= 11 is 0. The second-order valence-corrected chi connectivity index (χ2v) is 4.77. The predicted octanol–water partition coefficient (Wildman–Crippen LogP) is 3.78. The highest BCUT2D eigenvalue weighted by Gasteiger charge is 2.21. The van der Waals surface area contributed by atoms with Crippen molar-refractivity contribution >= 4 is 11.9 Å². The molecule has 0 aliphatic rings. The fraction of sp³-hybridized carbons (Fsp3) is 0.111. The minimum atomic E-state index is -1.17. The maximum absolute atomic E-state index is 12.3. The zero-order valence-electron chi connectivity index (χ0n) is 12.2. The van der Waals surface area contributed by atoms with Crippen LogP contribution in [0.2, 0.25) is 0 Å². The third-order valence-corrected chi connectivity index (χ3v) is 3.32. The summed E-state index contributed by atoms with van der Waals surface area (Å²) in [6.45, 7) is 5.60. The molecule has 4 nitrogen and oxygen atoms in total. The average Bonchev–Trinajstić information content (AvgIpc) is 2.53. The molecule has 0 radical (unpaired) electrons. The van der Waals surface area contributed by atoms with E-state index in [4.69, 9.17) is 9.84 Å². The van der Waals surface area contributed by atoms with Crippen LogP contribution >= 0.6 is 0 Å². The number of hydrogen-bond donors (Lipinski definition) is 1. The number of ether oxygens (including phenoxy) is 1. The second-order valence-electron chi connectivity index (χ2n) is 4.77. The van der Waals surface area contributed by atoms with Crippen LogP contribution in [0.15, 0.2) is 61.2 Å². The van der Waals surface area contributed by atoms with Crippen LogP contribution in [0.5, 0.6) is 0 Å². The van der Waals surface area contributed by atoms with E-state index in [1.54, 1.807) is 12.1 Å². The number of carbonyl (C=O) groups is 2. The van der Waals surface area contributed by atoms with Gasteiger partial charge in [-0.25, -0.2) is 9.59 Å². The molecule has 1 unspecified atom stereocenters. The number of carboxylic acids is 1. The molecule has 0 amide bonds. The van der Waals surface area contributed by atoms with E-state index >= 15 is 0 Å². The molecule has 0 saturated carbocycles. The molecule has 0 saturated heterocycles. The lowest BCUT2D eigenvalue weighted by atomic mass is 10.0. The quantitative estimate of drug-likeness (QED) is 0.673. The second kappa shape index (κ2) is 6.72. The third kappa shape index (κ3) is 3.23. The summed E-state index contributed by atoms with van der Waals surface area (Å²) in [4.78, 5) is 23.5. The number of aryl methyl sites for hydroxylation is 1. The van der Waals surface area contributed by atoms with Gasteiger partial charge < -0.3 is 9.84 Å². The molecule has 0 aliphatic carbocycles. The van der Waals surface area contributed by atoms with Crippen LogP contribution in [0.4, 0.5) is 0 Å². The van der Waals surface area contributed by atoms with Crippen molar-refractivity contribution in [1.29, 1.82) is 0 Å². The van der Waals surface area contributed by atoms with Gasteiger partial charge in [-0.1, -0.05) is 43.0 Å². The van der Waals surface area contributed by atoms with Gasteiger partial charge in [0, 0.05) is 0 Å². The van der Waals surface area contributed by atoms with Crippen molar-refractivity contribution in [3.8, 4) is 0 Å². The molecule has 1 N–H and O–H groups in total. The van der Waals surface area contributed by atoms with Crippen molar-refractivity contribution in [3.05, 3.63) is 83.4 Å². The molecule has 0 spiro atoms. The Morgan fingerprint density at radius 1 is 1.09 bits per heavy atom. The van der Waals surface area contributed by atoms with Gasteiger partial charge in [0.25, 0.3) is 0 Å². The van der Waals surface area contributed by atoms with Crippen LogP contribution in [-0.4, -0.2) is 17.0 Å². The molecule has 4 heteroatoms. The molecule has 22 heavy (non-hydrogen) atoms. The maximum atomic E-state index is 12.3. The summed E-state index contributed by atoms with van der Waals surface area (Å²) in [7, 11) is 0. The molecule has 0 fully saturated rings. The van der Waals surface area contributed by atoms with Gasteiger partial charge >= 0.3 is 11.9 Å². The number of carbonyl (C=O) groups excluding carboxylic acids is 1. The minimum Gasteiger partial charge on any atom is -0.478 e. The normalized spacial score (nSPS) is 11.5. The van der Waals surface area contributed by atoms with E-state index in [1.165, 1.54) is 18.2 Å². The van der Waals surface area contributed by atoms with E-state index in [0.29, 0.717) is 0 Å². The summed E-state index contributed by atoms with van der Waals surface area (Å²) < 4.78 is 5.42. The molecule has 1 atom stereocenters. The molecule has 2 aromatic rings. The number of hydrogen-bond acceptors (Lipinski definition) is 3.